The molecule has 2 aromatic carbocycles. The molecular formula is C16H13F3N2O. The molecule has 0 bridgehead atoms. The molecule has 114 valence electrons. The summed E-state index contributed by atoms with van der Waals surface area (Å²) in [5.74, 6) is 0. The second-order valence-corrected chi connectivity index (χ2v) is 5.23. The van der Waals surface area contributed by atoms with Crippen LogP contribution in [-0.4, -0.2) is 9.55 Å². The van der Waals surface area contributed by atoms with Crippen LogP contribution in [0, 0.1) is 6.92 Å². The molecule has 0 amide bonds. The lowest BCUT2D eigenvalue weighted by molar-refractivity contribution is -0.137. The number of alkyl halides is 3. The Morgan fingerprint density at radius 1 is 1.09 bits per heavy atom. The summed E-state index contributed by atoms with van der Waals surface area (Å²) < 4.78 is 39.6. The fraction of sp³-hybridized carbons (Fsp3) is 0.188. The van der Waals surface area contributed by atoms with E-state index < -0.39 is 17.4 Å². The summed E-state index contributed by atoms with van der Waals surface area (Å²) in [6, 6.07) is 10.9. The SMILES string of the molecule is Cc1ccc(Cn2c(=O)[nH]c3cc(C(F)(F)F)ccc32)cc1. The van der Waals surface area contributed by atoms with E-state index in [9.17, 15) is 18.0 Å². The van der Waals surface area contributed by atoms with E-state index in [1.807, 2.05) is 31.2 Å². The van der Waals surface area contributed by atoms with Crippen molar-refractivity contribution >= 4 is 11.0 Å². The van der Waals surface area contributed by atoms with Crippen LogP contribution in [0.1, 0.15) is 16.7 Å². The predicted molar refractivity (Wildman–Crippen MR) is 77.8 cm³/mol. The minimum absolute atomic E-state index is 0.187. The number of benzene rings is 2. The third-order valence-electron chi connectivity index (χ3n) is 3.56. The van der Waals surface area contributed by atoms with Crippen LogP contribution in [0.15, 0.2) is 47.3 Å². The normalized spacial score (nSPS) is 12.0. The number of aromatic nitrogens is 2. The summed E-state index contributed by atoms with van der Waals surface area (Å²) in [4.78, 5) is 14.5. The Bertz CT molecular complexity index is 873. The Balaban J connectivity index is 2.05. The predicted octanol–water partition coefficient (Wildman–Crippen LogP) is 3.71. The lowest BCUT2D eigenvalue weighted by Crippen LogP contribution is -2.17. The molecule has 1 heterocycles. The number of hydrogen-bond donors (Lipinski definition) is 1. The second kappa shape index (κ2) is 5.05. The van der Waals surface area contributed by atoms with Gasteiger partial charge in [-0.2, -0.15) is 13.2 Å². The van der Waals surface area contributed by atoms with E-state index >= 15 is 0 Å². The summed E-state index contributed by atoms with van der Waals surface area (Å²) in [7, 11) is 0. The number of aromatic amines is 1. The van der Waals surface area contributed by atoms with Gasteiger partial charge in [-0.1, -0.05) is 29.8 Å². The Morgan fingerprint density at radius 2 is 1.77 bits per heavy atom. The molecule has 1 aromatic heterocycles. The molecule has 0 saturated heterocycles. The van der Waals surface area contributed by atoms with Crippen molar-refractivity contribution < 1.29 is 13.2 Å². The highest BCUT2D eigenvalue weighted by atomic mass is 19.4. The molecule has 22 heavy (non-hydrogen) atoms. The number of hydrogen-bond acceptors (Lipinski definition) is 1. The Kier molecular flexibility index (Phi) is 3.31. The molecule has 3 rings (SSSR count). The molecular weight excluding hydrogens is 293 g/mol. The van der Waals surface area contributed by atoms with Crippen LogP contribution in [0.3, 0.4) is 0 Å². The lowest BCUT2D eigenvalue weighted by Gasteiger charge is -2.07. The zero-order chi connectivity index (χ0) is 15.9. The first-order valence-corrected chi connectivity index (χ1v) is 6.70. The maximum Gasteiger partial charge on any atom is 0.416 e. The highest BCUT2D eigenvalue weighted by Gasteiger charge is 2.30. The Labute approximate surface area is 124 Å². The van der Waals surface area contributed by atoms with Gasteiger partial charge in [-0.15, -0.1) is 0 Å². The fourth-order valence-corrected chi connectivity index (χ4v) is 2.37. The third kappa shape index (κ3) is 2.64. The summed E-state index contributed by atoms with van der Waals surface area (Å²) in [5.41, 5.74) is 1.46. The van der Waals surface area contributed by atoms with Crippen LogP contribution in [0.25, 0.3) is 11.0 Å². The van der Waals surface area contributed by atoms with Crippen LogP contribution < -0.4 is 5.69 Å². The van der Waals surface area contributed by atoms with E-state index in [4.69, 9.17) is 0 Å². The number of H-pyrrole nitrogens is 1. The number of nitrogens with one attached hydrogen (secondary N) is 1. The minimum atomic E-state index is -4.43. The molecule has 0 unspecified atom stereocenters. The van der Waals surface area contributed by atoms with Crippen molar-refractivity contribution in [1.82, 2.24) is 9.55 Å². The molecule has 0 spiro atoms. The summed E-state index contributed by atoms with van der Waals surface area (Å²) >= 11 is 0. The van der Waals surface area contributed by atoms with Gasteiger partial charge < -0.3 is 4.98 Å². The van der Waals surface area contributed by atoms with Crippen molar-refractivity contribution in [2.24, 2.45) is 0 Å². The van der Waals surface area contributed by atoms with Crippen LogP contribution >= 0.6 is 0 Å². The lowest BCUT2D eigenvalue weighted by atomic mass is 10.1. The minimum Gasteiger partial charge on any atom is -0.306 e. The van der Waals surface area contributed by atoms with Gasteiger partial charge in [0.1, 0.15) is 0 Å². The fourth-order valence-electron chi connectivity index (χ4n) is 2.37. The first kappa shape index (κ1) is 14.4. The number of fused-ring (bicyclic) bond motifs is 1. The van der Waals surface area contributed by atoms with Crippen LogP contribution in [0.4, 0.5) is 13.2 Å². The topological polar surface area (TPSA) is 37.8 Å². The molecule has 0 aliphatic rings. The van der Waals surface area contributed by atoms with Gasteiger partial charge in [-0.3, -0.25) is 4.57 Å². The van der Waals surface area contributed by atoms with Crippen molar-refractivity contribution in [3.8, 4) is 0 Å². The number of aryl methyl sites for hydroxylation is 1. The molecule has 0 aliphatic heterocycles. The Hall–Kier alpha value is -2.50. The van der Waals surface area contributed by atoms with E-state index in [-0.39, 0.29) is 5.52 Å². The van der Waals surface area contributed by atoms with Gasteiger partial charge in [-0.25, -0.2) is 4.79 Å². The highest BCUT2D eigenvalue weighted by Crippen LogP contribution is 2.30. The molecule has 1 N–H and O–H groups in total. The van der Waals surface area contributed by atoms with Crippen LogP contribution in [-0.2, 0) is 12.7 Å². The van der Waals surface area contributed by atoms with Crippen molar-refractivity contribution in [1.29, 1.82) is 0 Å². The standard InChI is InChI=1S/C16H13F3N2O/c1-10-2-4-11(5-3-10)9-21-14-7-6-12(16(17,18)19)8-13(14)20-15(21)22/h2-8H,9H2,1H3,(H,20,22). The average molecular weight is 306 g/mol. The number of rotatable bonds is 2. The van der Waals surface area contributed by atoms with Crippen molar-refractivity contribution in [3.05, 3.63) is 69.6 Å². The molecule has 6 heteroatoms. The Morgan fingerprint density at radius 3 is 2.41 bits per heavy atom. The molecule has 0 radical (unpaired) electrons. The summed E-state index contributed by atoms with van der Waals surface area (Å²) in [6.45, 7) is 2.27. The molecule has 3 nitrogen and oxygen atoms in total. The summed E-state index contributed by atoms with van der Waals surface area (Å²) in [5, 5.41) is 0. The third-order valence-corrected chi connectivity index (χ3v) is 3.56. The van der Waals surface area contributed by atoms with E-state index in [0.29, 0.717) is 12.1 Å². The van der Waals surface area contributed by atoms with Gasteiger partial charge in [0.05, 0.1) is 23.1 Å². The molecule has 0 aliphatic carbocycles. The monoisotopic (exact) mass is 306 g/mol. The zero-order valence-electron chi connectivity index (χ0n) is 11.7. The molecule has 0 fully saturated rings. The van der Waals surface area contributed by atoms with Crippen LogP contribution in [0.5, 0.6) is 0 Å². The molecule has 3 aromatic rings. The van der Waals surface area contributed by atoms with Crippen molar-refractivity contribution in [3.63, 3.8) is 0 Å². The smallest absolute Gasteiger partial charge is 0.306 e. The van der Waals surface area contributed by atoms with E-state index in [1.165, 1.54) is 10.6 Å². The quantitative estimate of drug-likeness (QED) is 0.770. The van der Waals surface area contributed by atoms with Crippen LogP contribution in [0.2, 0.25) is 0 Å². The van der Waals surface area contributed by atoms with E-state index in [2.05, 4.69) is 4.98 Å². The van der Waals surface area contributed by atoms with Gasteiger partial charge in [0.15, 0.2) is 0 Å². The molecule has 0 saturated carbocycles. The van der Waals surface area contributed by atoms with Crippen molar-refractivity contribution in [2.75, 3.05) is 0 Å². The van der Waals surface area contributed by atoms with E-state index in [0.717, 1.165) is 23.3 Å². The first-order valence-electron chi connectivity index (χ1n) is 6.70. The second-order valence-electron chi connectivity index (χ2n) is 5.23. The van der Waals surface area contributed by atoms with Gasteiger partial charge >= 0.3 is 11.9 Å². The number of halogens is 3. The van der Waals surface area contributed by atoms with Crippen molar-refractivity contribution in [2.45, 2.75) is 19.6 Å². The van der Waals surface area contributed by atoms with Gasteiger partial charge in [0, 0.05) is 0 Å². The molecule has 0 atom stereocenters. The van der Waals surface area contributed by atoms with Gasteiger partial charge in [-0.05, 0) is 30.7 Å². The maximum atomic E-state index is 12.7. The zero-order valence-corrected chi connectivity index (χ0v) is 11.7. The number of imidazole rings is 1. The largest absolute Gasteiger partial charge is 0.416 e. The highest BCUT2D eigenvalue weighted by molar-refractivity contribution is 5.76. The maximum absolute atomic E-state index is 12.7. The average Bonchev–Trinajstić information content (AvgIpc) is 2.76. The summed E-state index contributed by atoms with van der Waals surface area (Å²) in [6.07, 6.45) is -4.43. The van der Waals surface area contributed by atoms with Gasteiger partial charge in [0.25, 0.3) is 0 Å². The number of nitrogens with zero attached hydrogens (tertiary/aromatic N) is 1. The van der Waals surface area contributed by atoms with E-state index in [1.54, 1.807) is 0 Å². The van der Waals surface area contributed by atoms with Gasteiger partial charge in [0.2, 0.25) is 0 Å². The first-order chi connectivity index (χ1) is 10.3.